The molecule has 12 N–H and O–H groups in total. The number of nitrogens with one attached hydrogen (secondary N) is 3. The number of halogens is 3. The van der Waals surface area contributed by atoms with Crippen molar-refractivity contribution in [3.8, 4) is 28.5 Å². The van der Waals surface area contributed by atoms with Crippen molar-refractivity contribution in [3.05, 3.63) is 221 Å². The number of amides is 6. The smallest absolute Gasteiger partial charge is 0.247 e. The first-order chi connectivity index (χ1) is 52.6. The third kappa shape index (κ3) is 16.5. The number of piperidine rings is 1. The maximum Gasteiger partial charge on any atom is 0.247 e. The normalized spacial score (nSPS) is 20.5. The highest BCUT2D eigenvalue weighted by atomic mass is 19.1. The van der Waals surface area contributed by atoms with Crippen LogP contribution in [0, 0.1) is 51.5 Å². The first kappa shape index (κ1) is 75.4. The molecule has 3 saturated carbocycles. The standard InChI is InChI=1S/C27H30FN5O4.C27H29FN4O4.C27H23FN4O4/c1-32-8-10-33(11-9-32)24-13-18(19-4-2-3-5-22(19)30-24)16-37-23-7-6-17(12-21(23)28)14-27(26(29)35)15-20(27)25(34)31-36;28-21-12-17(14-27(26(29)34)15-20(27)25(33)31-35)8-9-23(21)36-16-18-13-24(32-10-4-1-5-11-32)30-22-7-3-2-6-19(18)22;28-21-10-16(12-27(26(29)34)13-20(27)25(33)32-35)7-8-24(21)36-15-18-11-23(17-4-3-9-30-14-17)31-22-6-2-1-5-19(18)22/h2-7,12-13,20,36H,8-11,14-16H2,1H3,(H2,29,35)(H,31,34);2-3,6-9,12-13,20,35H,1,4-5,10-11,14-16H2,(H2,29,34)(H,31,33);1-11,14,20,35H,12-13,15H2,(H2,29,34)(H,32,33)/t3*20-,27+/m111/s1. The Morgan fingerprint density at radius 1 is 0.459 bits per heavy atom. The molecule has 10 aromatic rings. The first-order valence-corrected chi connectivity index (χ1v) is 35.8. The average Bonchev–Trinajstić information content (AvgIpc) is 1.60. The van der Waals surface area contributed by atoms with Gasteiger partial charge in [-0.1, -0.05) is 72.8 Å². The van der Waals surface area contributed by atoms with E-state index in [0.717, 1.165) is 124 Å². The molecule has 15 rings (SSSR count). The van der Waals surface area contributed by atoms with Crippen LogP contribution < -0.4 is 57.7 Å². The van der Waals surface area contributed by atoms with Gasteiger partial charge in [-0.15, -0.1) is 0 Å². The van der Waals surface area contributed by atoms with Gasteiger partial charge in [-0.2, -0.15) is 0 Å². The van der Waals surface area contributed by atoms with Gasteiger partial charge in [-0.3, -0.25) is 49.4 Å². The highest BCUT2D eigenvalue weighted by Gasteiger charge is 2.64. The molecule has 6 aromatic carbocycles. The molecule has 25 nitrogen and oxygen atoms in total. The van der Waals surface area contributed by atoms with E-state index in [1.54, 1.807) is 47.0 Å². The monoisotopic (exact) mass is 1490 g/mol. The van der Waals surface area contributed by atoms with Crippen LogP contribution in [0.4, 0.5) is 24.8 Å². The molecular formula is C81H82F3N13O12. The molecule has 5 aliphatic rings. The lowest BCUT2D eigenvalue weighted by atomic mass is 9.92. The van der Waals surface area contributed by atoms with E-state index < -0.39 is 86.9 Å². The minimum atomic E-state index is -1.14. The van der Waals surface area contributed by atoms with E-state index in [1.165, 1.54) is 42.8 Å². The van der Waals surface area contributed by atoms with Crippen LogP contribution in [-0.2, 0) is 67.9 Å². The second-order valence-corrected chi connectivity index (χ2v) is 28.5. The summed E-state index contributed by atoms with van der Waals surface area (Å²) in [5.74, 6) is -5.89. The molecule has 2 aliphatic heterocycles. The SMILES string of the molecule is CN1CCN(c2cc(COc3ccc(C[C@]4(C(N)=O)C[C@@H]4C(=O)NO)cc3F)c3ccccc3n2)CC1.NC(=O)[C@@]1(Cc2ccc(OCc3cc(-c4cccnc4)nc4ccccc34)c(F)c2)C[C@@H]1C(=O)NO.NC(=O)[C@@]1(Cc2ccc(OCc3cc(N4CCCCC4)nc4ccccc34)c(F)c2)C[C@@H]1C(=O)NO. The van der Waals surface area contributed by atoms with Crippen molar-refractivity contribution in [2.75, 3.05) is 56.1 Å². The largest absolute Gasteiger partial charge is 0.486 e. The van der Waals surface area contributed by atoms with Crippen molar-refractivity contribution >= 4 is 79.8 Å². The van der Waals surface area contributed by atoms with Gasteiger partial charge in [0.25, 0.3) is 0 Å². The number of para-hydroxylation sites is 3. The van der Waals surface area contributed by atoms with Crippen LogP contribution in [-0.4, -0.2) is 122 Å². The zero-order valence-electron chi connectivity index (χ0n) is 59.6. The van der Waals surface area contributed by atoms with Crippen molar-refractivity contribution in [2.24, 2.45) is 51.2 Å². The lowest BCUT2D eigenvalue weighted by molar-refractivity contribution is -0.134. The lowest BCUT2D eigenvalue weighted by Gasteiger charge is -2.33. The van der Waals surface area contributed by atoms with Crippen molar-refractivity contribution in [1.29, 1.82) is 0 Å². The molecule has 4 aromatic heterocycles. The van der Waals surface area contributed by atoms with E-state index in [2.05, 4.69) is 26.7 Å². The summed E-state index contributed by atoms with van der Waals surface area (Å²) in [7, 11) is 2.10. The van der Waals surface area contributed by atoms with E-state index in [9.17, 15) is 37.5 Å². The molecule has 109 heavy (non-hydrogen) atoms. The van der Waals surface area contributed by atoms with E-state index >= 15 is 4.39 Å². The van der Waals surface area contributed by atoms with Crippen molar-refractivity contribution in [3.63, 3.8) is 0 Å². The summed E-state index contributed by atoms with van der Waals surface area (Å²) >= 11 is 0. The molecule has 6 heterocycles. The van der Waals surface area contributed by atoms with Crippen molar-refractivity contribution in [2.45, 2.75) is 77.6 Å². The molecule has 0 radical (unpaired) electrons. The molecule has 3 aliphatic carbocycles. The van der Waals surface area contributed by atoms with Crippen LogP contribution >= 0.6 is 0 Å². The Kier molecular flexibility index (Phi) is 22.3. The van der Waals surface area contributed by atoms with Crippen LogP contribution in [0.5, 0.6) is 17.2 Å². The number of likely N-dealkylation sites (N-methyl/N-ethyl adjacent to an activating group) is 1. The van der Waals surface area contributed by atoms with Gasteiger partial charge in [-0.25, -0.2) is 44.6 Å². The van der Waals surface area contributed by atoms with Crippen LogP contribution in [0.1, 0.15) is 71.9 Å². The van der Waals surface area contributed by atoms with Crippen LogP contribution in [0.2, 0.25) is 0 Å². The molecule has 6 atom stereocenters. The number of pyridine rings is 4. The Bertz CT molecular complexity index is 5110. The molecule has 564 valence electrons. The number of nitrogens with two attached hydrogens (primary N) is 3. The predicted octanol–water partition coefficient (Wildman–Crippen LogP) is 9.28. The molecule has 5 fully saturated rings. The lowest BCUT2D eigenvalue weighted by Crippen LogP contribution is -2.44. The van der Waals surface area contributed by atoms with E-state index in [1.807, 2.05) is 103 Å². The van der Waals surface area contributed by atoms with E-state index in [0.29, 0.717) is 16.7 Å². The topological polar surface area (TPSA) is 366 Å². The summed E-state index contributed by atoms with van der Waals surface area (Å²) in [4.78, 5) is 96.7. The van der Waals surface area contributed by atoms with Gasteiger partial charge in [0, 0.05) is 90.1 Å². The van der Waals surface area contributed by atoms with Crippen LogP contribution in [0.15, 0.2) is 170 Å². The van der Waals surface area contributed by atoms with Gasteiger partial charge in [0.1, 0.15) is 31.5 Å². The Hall–Kier alpha value is -11.9. The third-order valence-electron chi connectivity index (χ3n) is 21.5. The molecule has 6 amide bonds. The molecule has 0 unspecified atom stereocenters. The molecule has 28 heteroatoms. The predicted molar refractivity (Wildman–Crippen MR) is 397 cm³/mol. The maximum atomic E-state index is 15.0. The number of piperazine rings is 1. The highest BCUT2D eigenvalue weighted by Crippen LogP contribution is 2.57. The molecule has 2 saturated heterocycles. The number of fused-ring (bicyclic) bond motifs is 3. The van der Waals surface area contributed by atoms with Crippen molar-refractivity contribution < 1.29 is 71.8 Å². The number of benzene rings is 6. The fourth-order valence-electron chi connectivity index (χ4n) is 14.9. The Balaban J connectivity index is 0.000000144. The van der Waals surface area contributed by atoms with Gasteiger partial charge in [0.15, 0.2) is 34.7 Å². The van der Waals surface area contributed by atoms with Gasteiger partial charge >= 0.3 is 0 Å². The quantitative estimate of drug-likeness (QED) is 0.0201. The number of hydrogen-bond donors (Lipinski definition) is 9. The van der Waals surface area contributed by atoms with Gasteiger partial charge in [0.2, 0.25) is 35.4 Å². The number of carbonyl (C=O) groups is 6. The third-order valence-corrected chi connectivity index (χ3v) is 21.5. The number of rotatable bonds is 24. The molecule has 0 bridgehead atoms. The second-order valence-electron chi connectivity index (χ2n) is 28.5. The molecular weight excluding hydrogens is 1400 g/mol. The molecule has 0 spiro atoms. The maximum absolute atomic E-state index is 15.0. The summed E-state index contributed by atoms with van der Waals surface area (Å²) in [6.45, 7) is 6.05. The summed E-state index contributed by atoms with van der Waals surface area (Å²) in [5.41, 5.74) is 26.2. The Morgan fingerprint density at radius 2 is 0.826 bits per heavy atom. The summed E-state index contributed by atoms with van der Waals surface area (Å²) in [6, 6.07) is 46.4. The van der Waals surface area contributed by atoms with E-state index in [-0.39, 0.29) is 75.6 Å². The van der Waals surface area contributed by atoms with E-state index in [4.69, 9.17) is 62.0 Å². The summed E-state index contributed by atoms with van der Waals surface area (Å²) in [5, 5.41) is 29.4. The number of carbonyl (C=O) groups excluding carboxylic acids is 6. The van der Waals surface area contributed by atoms with Gasteiger partial charge in [-0.05, 0) is 166 Å². The number of hydroxylamine groups is 3. The number of anilines is 2. The minimum Gasteiger partial charge on any atom is -0.486 e. The fraction of sp³-hybridized carbons (Fsp3) is 0.309. The Labute approximate surface area is 624 Å². The number of ether oxygens (including phenoxy) is 3. The fourth-order valence-corrected chi connectivity index (χ4v) is 14.9. The summed E-state index contributed by atoms with van der Waals surface area (Å²) in [6.07, 6.45) is 7.83. The van der Waals surface area contributed by atoms with Gasteiger partial charge in [0.05, 0.1) is 56.2 Å². The number of nitrogens with zero attached hydrogens (tertiary/aromatic N) is 7. The number of aromatic nitrogens is 4. The first-order valence-electron chi connectivity index (χ1n) is 35.8. The number of hydrogen-bond acceptors (Lipinski definition) is 19. The van der Waals surface area contributed by atoms with Crippen molar-refractivity contribution in [1.82, 2.24) is 41.3 Å². The Morgan fingerprint density at radius 3 is 1.18 bits per heavy atom. The van der Waals surface area contributed by atoms with Crippen LogP contribution in [0.25, 0.3) is 44.0 Å². The summed E-state index contributed by atoms with van der Waals surface area (Å²) < 4.78 is 62.6. The highest BCUT2D eigenvalue weighted by molar-refractivity contribution is 5.97. The zero-order chi connectivity index (χ0) is 76.7. The van der Waals surface area contributed by atoms with Gasteiger partial charge < -0.3 is 46.1 Å². The average molecular weight is 1490 g/mol. The number of primary amides is 3. The van der Waals surface area contributed by atoms with Crippen LogP contribution in [0.3, 0.4) is 0 Å². The minimum absolute atomic E-state index is 0.0520. The zero-order valence-corrected chi connectivity index (χ0v) is 59.6. The second kappa shape index (κ2) is 32.3.